The SMILES string of the molecule is COc1cc(N2CCC3(CCN(CCOCC#Cc4cccc5c4CN(C4CCC(=O)NC4=O)C5=O)CC3)CC2)c(C)cc1Nc1ncc(Br)c(Nc2ccc3nccnc3c2P(C)(C)=O)n1. The van der Waals surface area contributed by atoms with Crippen LogP contribution in [0.2, 0.25) is 0 Å². The smallest absolute Gasteiger partial charge is 0.255 e. The van der Waals surface area contributed by atoms with E-state index >= 15 is 0 Å². The van der Waals surface area contributed by atoms with Crippen molar-refractivity contribution >= 4 is 86.0 Å². The molecule has 6 heterocycles. The molecule has 1 unspecified atom stereocenters. The maximum absolute atomic E-state index is 13.5. The summed E-state index contributed by atoms with van der Waals surface area (Å²) in [6.07, 6.45) is 10.0. The first-order valence-electron chi connectivity index (χ1n) is 22.6. The Hall–Kier alpha value is -5.92. The lowest BCUT2D eigenvalue weighted by molar-refractivity contribution is -0.136. The summed E-state index contributed by atoms with van der Waals surface area (Å²) in [4.78, 5) is 62.0. The molecule has 67 heavy (non-hydrogen) atoms. The Kier molecular flexibility index (Phi) is 13.3. The van der Waals surface area contributed by atoms with Crippen molar-refractivity contribution in [3.05, 3.63) is 87.8 Å². The molecule has 4 aliphatic heterocycles. The number of nitrogens with zero attached hydrogens (tertiary/aromatic N) is 7. The number of likely N-dealkylation sites (tertiary alicyclic amines) is 1. The summed E-state index contributed by atoms with van der Waals surface area (Å²) in [6.45, 7) is 11.6. The maximum Gasteiger partial charge on any atom is 0.255 e. The van der Waals surface area contributed by atoms with Crippen molar-refractivity contribution < 1.29 is 28.4 Å². The largest absolute Gasteiger partial charge is 0.494 e. The third-order valence-corrected chi connectivity index (χ3v) is 15.6. The molecule has 0 saturated carbocycles. The summed E-state index contributed by atoms with van der Waals surface area (Å²) in [6, 6.07) is 12.7. The van der Waals surface area contributed by atoms with E-state index in [9.17, 15) is 18.9 Å². The van der Waals surface area contributed by atoms with Crippen LogP contribution in [0.3, 0.4) is 0 Å². The molecule has 0 radical (unpaired) electrons. The van der Waals surface area contributed by atoms with Gasteiger partial charge in [-0.25, -0.2) is 4.98 Å². The van der Waals surface area contributed by atoms with Crippen molar-refractivity contribution in [3.63, 3.8) is 0 Å². The first kappa shape index (κ1) is 46.2. The Morgan fingerprint density at radius 2 is 1.75 bits per heavy atom. The van der Waals surface area contributed by atoms with Crippen LogP contribution in [-0.4, -0.2) is 120 Å². The zero-order valence-corrected chi connectivity index (χ0v) is 40.6. The summed E-state index contributed by atoms with van der Waals surface area (Å²) < 4.78 is 26.0. The fourth-order valence-electron chi connectivity index (χ4n) is 9.84. The molecule has 3 N–H and O–H groups in total. The number of imide groups is 1. The number of hydrogen-bond donors (Lipinski definition) is 3. The highest BCUT2D eigenvalue weighted by Gasteiger charge is 2.40. The quantitative estimate of drug-likeness (QED) is 0.0517. The molecule has 0 bridgehead atoms. The number of rotatable bonds is 12. The zero-order valence-electron chi connectivity index (χ0n) is 38.2. The lowest BCUT2D eigenvalue weighted by Gasteiger charge is -2.47. The number of ether oxygens (including phenoxy) is 2. The zero-order chi connectivity index (χ0) is 46.9. The van der Waals surface area contributed by atoms with Crippen molar-refractivity contribution in [2.75, 3.05) is 81.9 Å². The number of fused-ring (bicyclic) bond motifs is 2. The number of halogens is 1. The van der Waals surface area contributed by atoms with Gasteiger partial charge in [0.15, 0.2) is 0 Å². The number of hydrogen-bond acceptors (Lipinski definition) is 14. The Morgan fingerprint density at radius 3 is 2.51 bits per heavy atom. The number of amides is 3. The van der Waals surface area contributed by atoms with Crippen molar-refractivity contribution in [3.8, 4) is 17.6 Å². The third-order valence-electron chi connectivity index (χ3n) is 13.5. The van der Waals surface area contributed by atoms with E-state index in [1.807, 2.05) is 24.3 Å². The first-order chi connectivity index (χ1) is 32.3. The molecule has 0 aliphatic carbocycles. The van der Waals surface area contributed by atoms with Crippen LogP contribution in [0.5, 0.6) is 5.75 Å². The Morgan fingerprint density at radius 1 is 0.970 bits per heavy atom. The predicted molar refractivity (Wildman–Crippen MR) is 262 cm³/mol. The van der Waals surface area contributed by atoms with Gasteiger partial charge in [-0.05, 0) is 128 Å². The van der Waals surface area contributed by atoms with Gasteiger partial charge in [0, 0.05) is 74.1 Å². The average molecular weight is 990 g/mol. The molecule has 3 fully saturated rings. The molecule has 348 valence electrons. The van der Waals surface area contributed by atoms with Crippen LogP contribution in [0.15, 0.2) is 65.5 Å². The third kappa shape index (κ3) is 9.90. The van der Waals surface area contributed by atoms with Gasteiger partial charge in [-0.2, -0.15) is 4.98 Å². The van der Waals surface area contributed by atoms with E-state index < -0.39 is 19.1 Å². The van der Waals surface area contributed by atoms with Crippen molar-refractivity contribution in [1.82, 2.24) is 35.1 Å². The van der Waals surface area contributed by atoms with Crippen molar-refractivity contribution in [2.24, 2.45) is 5.41 Å². The summed E-state index contributed by atoms with van der Waals surface area (Å²) in [5, 5.41) is 9.71. The summed E-state index contributed by atoms with van der Waals surface area (Å²) in [5.41, 5.74) is 7.39. The molecule has 4 aliphatic rings. The van der Waals surface area contributed by atoms with Gasteiger partial charge in [0.1, 0.15) is 36.9 Å². The van der Waals surface area contributed by atoms with Crippen LogP contribution in [0, 0.1) is 24.2 Å². The average Bonchev–Trinajstić information content (AvgIpc) is 3.65. The molecule has 3 saturated heterocycles. The second-order valence-electron chi connectivity index (χ2n) is 18.1. The Labute approximate surface area is 398 Å². The van der Waals surface area contributed by atoms with Gasteiger partial charge < -0.3 is 39.4 Å². The molecule has 2 aromatic heterocycles. The van der Waals surface area contributed by atoms with Crippen LogP contribution in [0.25, 0.3) is 11.0 Å². The summed E-state index contributed by atoms with van der Waals surface area (Å²) in [5.74, 6) is 6.94. The molecular weight excluding hydrogens is 935 g/mol. The van der Waals surface area contributed by atoms with E-state index in [2.05, 4.69) is 87.5 Å². The highest BCUT2D eigenvalue weighted by atomic mass is 79.9. The minimum atomic E-state index is -2.78. The summed E-state index contributed by atoms with van der Waals surface area (Å²) in [7, 11) is -1.10. The van der Waals surface area contributed by atoms with E-state index in [0.717, 1.165) is 86.5 Å². The lowest BCUT2D eigenvalue weighted by Crippen LogP contribution is -2.52. The van der Waals surface area contributed by atoms with Crippen LogP contribution in [0.4, 0.5) is 28.8 Å². The molecule has 9 rings (SSSR count). The number of carbonyl (C=O) groups is 3. The van der Waals surface area contributed by atoms with Gasteiger partial charge in [-0.1, -0.05) is 17.9 Å². The van der Waals surface area contributed by atoms with Gasteiger partial charge >= 0.3 is 0 Å². The van der Waals surface area contributed by atoms with Crippen LogP contribution in [0.1, 0.15) is 65.6 Å². The second-order valence-corrected chi connectivity index (χ2v) is 22.1. The van der Waals surface area contributed by atoms with E-state index in [-0.39, 0.29) is 24.8 Å². The van der Waals surface area contributed by atoms with Gasteiger partial charge in [-0.3, -0.25) is 29.7 Å². The van der Waals surface area contributed by atoms with Gasteiger partial charge in [0.25, 0.3) is 5.91 Å². The number of piperidine rings is 3. The number of methoxy groups -OCH3 is 1. The summed E-state index contributed by atoms with van der Waals surface area (Å²) >= 11 is 3.59. The lowest BCUT2D eigenvalue weighted by atomic mass is 9.71. The molecule has 1 atom stereocenters. The number of aryl methyl sites for hydroxylation is 1. The molecule has 5 aromatic rings. The monoisotopic (exact) mass is 988 g/mol. The van der Waals surface area contributed by atoms with Crippen LogP contribution >= 0.6 is 23.1 Å². The molecule has 3 amide bonds. The minimum Gasteiger partial charge on any atom is -0.494 e. The maximum atomic E-state index is 13.5. The number of nitrogens with one attached hydrogen (secondary N) is 3. The van der Waals surface area contributed by atoms with Gasteiger partial charge in [0.05, 0.1) is 40.4 Å². The van der Waals surface area contributed by atoms with E-state index in [4.69, 9.17) is 14.5 Å². The standard InChI is InChI=1S/C49H54BrN10O6P/c1-31-27-38(55-48-53-29-35(50)45(57-48)54-37-11-10-36-43(52-19-18-51-36)44(37)67(3,4)64)41(65-2)28-40(31)59-22-16-49(17-23-59)14-20-58(21-15-49)24-26-66-25-6-8-32-7-5-9-33-34(32)30-60(47(33)63)39-12-13-42(61)56-46(39)62/h5,7,9-11,18-19,27-29,39H,12-17,20-26,30H2,1-4H3,(H,56,61,62)(H2,53,54,55,57). The number of anilines is 5. The van der Waals surface area contributed by atoms with Crippen molar-refractivity contribution in [1.29, 1.82) is 0 Å². The van der Waals surface area contributed by atoms with Gasteiger partial charge in [0.2, 0.25) is 17.8 Å². The topological polar surface area (TPSA) is 184 Å². The molecule has 18 heteroatoms. The highest BCUT2D eigenvalue weighted by Crippen LogP contribution is 2.45. The van der Waals surface area contributed by atoms with E-state index in [1.165, 1.54) is 0 Å². The van der Waals surface area contributed by atoms with Crippen molar-refractivity contribution in [2.45, 2.75) is 58.0 Å². The Balaban J connectivity index is 0.753. The van der Waals surface area contributed by atoms with Crippen LogP contribution in [-0.2, 0) is 25.4 Å². The van der Waals surface area contributed by atoms with E-state index in [0.29, 0.717) is 74.6 Å². The second kappa shape index (κ2) is 19.4. The fraction of sp³-hybridized carbons (Fsp3) is 0.408. The van der Waals surface area contributed by atoms with Gasteiger partial charge in [-0.15, -0.1) is 0 Å². The predicted octanol–water partition coefficient (Wildman–Crippen LogP) is 6.75. The first-order valence-corrected chi connectivity index (χ1v) is 26.0. The normalized spacial score (nSPS) is 18.4. The molecule has 3 aromatic carbocycles. The molecule has 1 spiro atoms. The number of benzene rings is 3. The number of carbonyl (C=O) groups excluding carboxylic acids is 3. The fourth-order valence-corrected chi connectivity index (χ4v) is 11.5. The Bertz CT molecular complexity index is 2860. The molecular formula is C49H54BrN10O6P. The highest BCUT2D eigenvalue weighted by molar-refractivity contribution is 9.10. The van der Waals surface area contributed by atoms with Crippen LogP contribution < -0.4 is 30.9 Å². The van der Waals surface area contributed by atoms with E-state index in [1.54, 1.807) is 50.0 Å². The molecule has 16 nitrogen and oxygen atoms in total. The minimum absolute atomic E-state index is 0.204. The number of aromatic nitrogens is 4.